The van der Waals surface area contributed by atoms with Gasteiger partial charge >= 0.3 is 0 Å². The highest BCUT2D eigenvalue weighted by molar-refractivity contribution is 5.82. The Morgan fingerprint density at radius 2 is 1.83 bits per heavy atom. The van der Waals surface area contributed by atoms with Crippen molar-refractivity contribution in [3.05, 3.63) is 52.6 Å². The van der Waals surface area contributed by atoms with E-state index in [1.54, 1.807) is 31.4 Å². The van der Waals surface area contributed by atoms with E-state index >= 15 is 0 Å². The van der Waals surface area contributed by atoms with Gasteiger partial charge in [-0.2, -0.15) is 0 Å². The monoisotopic (exact) mass is 244 g/mol. The van der Waals surface area contributed by atoms with E-state index in [0.29, 0.717) is 5.56 Å². The molecular formula is C13H12N2O3. The number of rotatable bonds is 3. The molecule has 2 rings (SSSR count). The first-order valence-electron chi connectivity index (χ1n) is 5.31. The molecule has 0 saturated heterocycles. The molecule has 0 fully saturated rings. The number of hydrogen-bond acceptors (Lipinski definition) is 4. The Bertz CT molecular complexity index is 579. The molecule has 0 unspecified atom stereocenters. The Kier molecular flexibility index (Phi) is 3.14. The normalized spacial score (nSPS) is 10.1. The number of hydrogen-bond donors (Lipinski definition) is 1. The summed E-state index contributed by atoms with van der Waals surface area (Å²) < 4.78 is 5.06. The average molecular weight is 244 g/mol. The van der Waals surface area contributed by atoms with Gasteiger partial charge in [0.2, 0.25) is 0 Å². The molecule has 0 aromatic heterocycles. The molecule has 92 valence electrons. The molecular weight excluding hydrogens is 232 g/mol. The summed E-state index contributed by atoms with van der Waals surface area (Å²) in [5.41, 5.74) is 7.37. The van der Waals surface area contributed by atoms with Crippen LogP contribution >= 0.6 is 0 Å². The van der Waals surface area contributed by atoms with Crippen LogP contribution < -0.4 is 10.5 Å². The van der Waals surface area contributed by atoms with Crippen LogP contribution in [0.5, 0.6) is 5.75 Å². The van der Waals surface area contributed by atoms with E-state index in [1.165, 1.54) is 6.07 Å². The van der Waals surface area contributed by atoms with Crippen LogP contribution in [0.25, 0.3) is 11.1 Å². The minimum atomic E-state index is -0.484. The Morgan fingerprint density at radius 3 is 2.39 bits per heavy atom. The third-order valence-corrected chi connectivity index (χ3v) is 2.68. The van der Waals surface area contributed by atoms with Crippen molar-refractivity contribution in [2.75, 3.05) is 12.8 Å². The fourth-order valence-corrected chi connectivity index (χ4v) is 1.73. The molecule has 0 amide bonds. The van der Waals surface area contributed by atoms with E-state index in [9.17, 15) is 10.1 Å². The van der Waals surface area contributed by atoms with Gasteiger partial charge in [0.1, 0.15) is 11.4 Å². The fraction of sp³-hybridized carbons (Fsp3) is 0.0769. The SMILES string of the molecule is COc1ccc(-c2cccc([N+](=O)[O-])c2N)cc1. The number of para-hydroxylation sites is 1. The van der Waals surface area contributed by atoms with Gasteiger partial charge in [0.15, 0.2) is 0 Å². The summed E-state index contributed by atoms with van der Waals surface area (Å²) in [6.07, 6.45) is 0. The molecule has 0 aliphatic heterocycles. The van der Waals surface area contributed by atoms with E-state index in [2.05, 4.69) is 0 Å². The standard InChI is InChI=1S/C13H12N2O3/c1-18-10-7-5-9(6-8-10)11-3-2-4-12(13(11)14)15(16)17/h2-8H,14H2,1H3. The number of nitrogen functional groups attached to an aromatic ring is 1. The zero-order chi connectivity index (χ0) is 13.1. The molecule has 2 aromatic rings. The smallest absolute Gasteiger partial charge is 0.292 e. The molecule has 0 spiro atoms. The Morgan fingerprint density at radius 1 is 1.17 bits per heavy atom. The minimum Gasteiger partial charge on any atom is -0.497 e. The van der Waals surface area contributed by atoms with E-state index in [-0.39, 0.29) is 11.4 Å². The molecule has 0 heterocycles. The third kappa shape index (κ3) is 2.10. The predicted octanol–water partition coefficient (Wildman–Crippen LogP) is 2.85. The first-order chi connectivity index (χ1) is 8.63. The summed E-state index contributed by atoms with van der Waals surface area (Å²) in [4.78, 5) is 10.3. The largest absolute Gasteiger partial charge is 0.497 e. The lowest BCUT2D eigenvalue weighted by Crippen LogP contribution is -1.97. The minimum absolute atomic E-state index is 0.0803. The summed E-state index contributed by atoms with van der Waals surface area (Å²) in [5, 5.41) is 10.8. The Hall–Kier alpha value is -2.56. The summed E-state index contributed by atoms with van der Waals surface area (Å²) in [7, 11) is 1.58. The molecule has 0 atom stereocenters. The van der Waals surface area contributed by atoms with E-state index in [0.717, 1.165) is 11.3 Å². The lowest BCUT2D eigenvalue weighted by atomic mass is 10.0. The van der Waals surface area contributed by atoms with E-state index in [1.807, 2.05) is 12.1 Å². The van der Waals surface area contributed by atoms with Gasteiger partial charge in [-0.1, -0.05) is 24.3 Å². The second-order valence-electron chi connectivity index (χ2n) is 3.72. The third-order valence-electron chi connectivity index (χ3n) is 2.68. The number of methoxy groups -OCH3 is 1. The highest BCUT2D eigenvalue weighted by Crippen LogP contribution is 2.33. The average Bonchev–Trinajstić information content (AvgIpc) is 2.39. The zero-order valence-corrected chi connectivity index (χ0v) is 9.79. The molecule has 0 aliphatic carbocycles. The molecule has 0 radical (unpaired) electrons. The van der Waals surface area contributed by atoms with Crippen LogP contribution in [0.2, 0.25) is 0 Å². The Balaban J connectivity index is 2.50. The number of nitro benzene ring substituents is 1. The summed E-state index contributed by atoms with van der Waals surface area (Å²) >= 11 is 0. The number of benzene rings is 2. The topological polar surface area (TPSA) is 78.4 Å². The summed E-state index contributed by atoms with van der Waals surface area (Å²) in [6.45, 7) is 0. The van der Waals surface area contributed by atoms with Crippen molar-refractivity contribution in [1.29, 1.82) is 0 Å². The van der Waals surface area contributed by atoms with Crippen molar-refractivity contribution >= 4 is 11.4 Å². The maximum absolute atomic E-state index is 10.8. The van der Waals surface area contributed by atoms with Crippen molar-refractivity contribution in [3.63, 3.8) is 0 Å². The first-order valence-corrected chi connectivity index (χ1v) is 5.31. The second kappa shape index (κ2) is 4.75. The van der Waals surface area contributed by atoms with Crippen LogP contribution in [-0.2, 0) is 0 Å². The van der Waals surface area contributed by atoms with Gasteiger partial charge in [0.05, 0.1) is 12.0 Å². The Labute approximate surface area is 104 Å². The molecule has 5 heteroatoms. The van der Waals surface area contributed by atoms with Crippen LogP contribution in [0, 0.1) is 10.1 Å². The fourth-order valence-electron chi connectivity index (χ4n) is 1.73. The second-order valence-corrected chi connectivity index (χ2v) is 3.72. The molecule has 0 saturated carbocycles. The summed E-state index contributed by atoms with van der Waals surface area (Å²) in [5.74, 6) is 0.725. The lowest BCUT2D eigenvalue weighted by molar-refractivity contribution is -0.383. The van der Waals surface area contributed by atoms with Crippen molar-refractivity contribution in [1.82, 2.24) is 0 Å². The molecule has 5 nitrogen and oxygen atoms in total. The molecule has 0 bridgehead atoms. The van der Waals surface area contributed by atoms with E-state index in [4.69, 9.17) is 10.5 Å². The molecule has 2 N–H and O–H groups in total. The van der Waals surface area contributed by atoms with Crippen molar-refractivity contribution in [2.24, 2.45) is 0 Å². The maximum Gasteiger partial charge on any atom is 0.292 e. The van der Waals surface area contributed by atoms with Gasteiger partial charge in [0, 0.05) is 11.6 Å². The van der Waals surface area contributed by atoms with Crippen molar-refractivity contribution in [2.45, 2.75) is 0 Å². The van der Waals surface area contributed by atoms with Gasteiger partial charge in [0.25, 0.3) is 5.69 Å². The van der Waals surface area contributed by atoms with Crippen LogP contribution in [0.1, 0.15) is 0 Å². The highest BCUT2D eigenvalue weighted by Gasteiger charge is 2.15. The van der Waals surface area contributed by atoms with Crippen LogP contribution in [0.15, 0.2) is 42.5 Å². The van der Waals surface area contributed by atoms with Gasteiger partial charge in [-0.15, -0.1) is 0 Å². The maximum atomic E-state index is 10.8. The number of nitrogens with two attached hydrogens (primary N) is 1. The van der Waals surface area contributed by atoms with Crippen LogP contribution in [0.4, 0.5) is 11.4 Å². The number of nitrogens with zero attached hydrogens (tertiary/aromatic N) is 1. The van der Waals surface area contributed by atoms with Crippen LogP contribution in [0.3, 0.4) is 0 Å². The molecule has 2 aromatic carbocycles. The van der Waals surface area contributed by atoms with Gasteiger partial charge in [-0.3, -0.25) is 10.1 Å². The molecule has 0 aliphatic rings. The lowest BCUT2D eigenvalue weighted by Gasteiger charge is -2.07. The summed E-state index contributed by atoms with van der Waals surface area (Å²) in [6, 6.07) is 12.0. The van der Waals surface area contributed by atoms with Crippen molar-refractivity contribution in [3.8, 4) is 16.9 Å². The van der Waals surface area contributed by atoms with Gasteiger partial charge < -0.3 is 10.5 Å². The predicted molar refractivity (Wildman–Crippen MR) is 69.5 cm³/mol. The highest BCUT2D eigenvalue weighted by atomic mass is 16.6. The number of nitro groups is 1. The van der Waals surface area contributed by atoms with Crippen LogP contribution in [-0.4, -0.2) is 12.0 Å². The molecule has 18 heavy (non-hydrogen) atoms. The van der Waals surface area contributed by atoms with Gasteiger partial charge in [-0.05, 0) is 17.7 Å². The quantitative estimate of drug-likeness (QED) is 0.511. The number of ether oxygens (including phenoxy) is 1. The first kappa shape index (κ1) is 11.9. The number of anilines is 1. The zero-order valence-electron chi connectivity index (χ0n) is 9.79. The van der Waals surface area contributed by atoms with E-state index < -0.39 is 4.92 Å². The van der Waals surface area contributed by atoms with Crippen molar-refractivity contribution < 1.29 is 9.66 Å². The van der Waals surface area contributed by atoms with Gasteiger partial charge in [-0.25, -0.2) is 0 Å².